The van der Waals surface area contributed by atoms with Gasteiger partial charge >= 0.3 is 0 Å². The van der Waals surface area contributed by atoms with Crippen LogP contribution in [0, 0.1) is 0 Å². The summed E-state index contributed by atoms with van der Waals surface area (Å²) in [6.07, 6.45) is 1.55. The largest absolute Gasteiger partial charge is 0.504 e. The molecule has 0 aliphatic carbocycles. The molecule has 104 valence electrons. The summed E-state index contributed by atoms with van der Waals surface area (Å²) in [5, 5.41) is 16.8. The number of rotatable bonds is 6. The Kier molecular flexibility index (Phi) is 6.62. The summed E-state index contributed by atoms with van der Waals surface area (Å²) >= 11 is 4.99. The van der Waals surface area contributed by atoms with Crippen molar-refractivity contribution in [1.82, 2.24) is 10.7 Å². The van der Waals surface area contributed by atoms with Crippen LogP contribution in [0.25, 0.3) is 0 Å². The smallest absolute Gasteiger partial charge is 0.187 e. The molecule has 1 rings (SSSR count). The van der Waals surface area contributed by atoms with E-state index in [1.54, 1.807) is 31.5 Å². The lowest BCUT2D eigenvalue weighted by molar-refractivity contribution is 0.204. The maximum atomic E-state index is 9.58. The summed E-state index contributed by atoms with van der Waals surface area (Å²) in [5.41, 5.74) is 3.39. The van der Waals surface area contributed by atoms with Gasteiger partial charge < -0.3 is 19.9 Å². The van der Waals surface area contributed by atoms with Crippen molar-refractivity contribution in [3.63, 3.8) is 0 Å². The molecule has 0 aliphatic heterocycles. The summed E-state index contributed by atoms with van der Waals surface area (Å²) in [6.45, 7) is 1.18. The van der Waals surface area contributed by atoms with Crippen LogP contribution >= 0.6 is 12.2 Å². The van der Waals surface area contributed by atoms with Crippen molar-refractivity contribution < 1.29 is 14.6 Å². The Hall–Kier alpha value is -1.86. The van der Waals surface area contributed by atoms with E-state index in [2.05, 4.69) is 15.8 Å². The quantitative estimate of drug-likeness (QED) is 0.311. The second-order valence-electron chi connectivity index (χ2n) is 3.55. The predicted octanol–water partition coefficient (Wildman–Crippen LogP) is 0.845. The summed E-state index contributed by atoms with van der Waals surface area (Å²) in [4.78, 5) is 0. The molecule has 7 heteroatoms. The minimum Gasteiger partial charge on any atom is -0.504 e. The van der Waals surface area contributed by atoms with Crippen LogP contribution in [0.15, 0.2) is 23.3 Å². The molecule has 0 amide bonds. The Morgan fingerprint density at radius 3 is 2.89 bits per heavy atom. The number of phenolic OH excluding ortho intramolecular Hbond substituents is 1. The lowest BCUT2D eigenvalue weighted by atomic mass is 10.2. The van der Waals surface area contributed by atoms with Gasteiger partial charge in [0.2, 0.25) is 0 Å². The monoisotopic (exact) mass is 283 g/mol. The number of ether oxygens (including phenoxy) is 2. The topological polar surface area (TPSA) is 75.1 Å². The molecular formula is C12H17N3O3S. The number of hydrazone groups is 1. The Morgan fingerprint density at radius 1 is 1.47 bits per heavy atom. The van der Waals surface area contributed by atoms with Gasteiger partial charge in [-0.1, -0.05) is 0 Å². The number of phenols is 1. The van der Waals surface area contributed by atoms with Gasteiger partial charge in [-0.2, -0.15) is 5.10 Å². The normalized spacial score (nSPS) is 10.4. The molecule has 1 aromatic carbocycles. The fourth-order valence-electron chi connectivity index (χ4n) is 1.26. The maximum absolute atomic E-state index is 9.58. The van der Waals surface area contributed by atoms with Gasteiger partial charge in [0.1, 0.15) is 0 Å². The standard InChI is InChI=1S/C12H17N3O3S/c1-17-6-5-13-12(19)15-14-8-9-3-4-11(18-2)10(16)7-9/h3-4,7-8,16H,5-6H2,1-2H3,(H2,13,15,19)/b14-8-. The van der Waals surface area contributed by atoms with E-state index >= 15 is 0 Å². The number of hydrogen-bond donors (Lipinski definition) is 3. The first-order valence-electron chi connectivity index (χ1n) is 5.60. The van der Waals surface area contributed by atoms with Gasteiger partial charge in [-0.25, -0.2) is 0 Å². The van der Waals surface area contributed by atoms with E-state index in [1.807, 2.05) is 0 Å². The van der Waals surface area contributed by atoms with Crippen molar-refractivity contribution in [1.29, 1.82) is 0 Å². The first kappa shape index (κ1) is 15.2. The van der Waals surface area contributed by atoms with E-state index in [-0.39, 0.29) is 5.75 Å². The number of methoxy groups -OCH3 is 2. The second-order valence-corrected chi connectivity index (χ2v) is 3.96. The molecule has 0 atom stereocenters. The molecule has 0 saturated heterocycles. The van der Waals surface area contributed by atoms with Crippen molar-refractivity contribution in [2.45, 2.75) is 0 Å². The van der Waals surface area contributed by atoms with Gasteiger partial charge in [0.25, 0.3) is 0 Å². The fourth-order valence-corrected chi connectivity index (χ4v) is 1.41. The number of nitrogens with zero attached hydrogens (tertiary/aromatic N) is 1. The third-order valence-electron chi connectivity index (χ3n) is 2.17. The molecule has 0 spiro atoms. The number of thiocarbonyl (C=S) groups is 1. The Labute approximate surface area is 117 Å². The molecule has 0 bridgehead atoms. The molecule has 3 N–H and O–H groups in total. The zero-order chi connectivity index (χ0) is 14.1. The highest BCUT2D eigenvalue weighted by Gasteiger charge is 2.00. The van der Waals surface area contributed by atoms with E-state index in [0.29, 0.717) is 24.0 Å². The van der Waals surface area contributed by atoms with Gasteiger partial charge in [-0.15, -0.1) is 0 Å². The molecular weight excluding hydrogens is 266 g/mol. The minimum absolute atomic E-state index is 0.0623. The Morgan fingerprint density at radius 2 is 2.26 bits per heavy atom. The zero-order valence-electron chi connectivity index (χ0n) is 10.8. The number of hydrogen-bond acceptors (Lipinski definition) is 5. The Bertz CT molecular complexity index is 452. The second kappa shape index (κ2) is 8.28. The van der Waals surface area contributed by atoms with Gasteiger partial charge in [0, 0.05) is 13.7 Å². The van der Waals surface area contributed by atoms with Crippen LogP contribution in [0.4, 0.5) is 0 Å². The lowest BCUT2D eigenvalue weighted by Crippen LogP contribution is -2.34. The average Bonchev–Trinajstić information content (AvgIpc) is 2.39. The van der Waals surface area contributed by atoms with Crippen molar-refractivity contribution in [2.75, 3.05) is 27.4 Å². The summed E-state index contributed by atoms with van der Waals surface area (Å²) in [6, 6.07) is 4.97. The van der Waals surface area contributed by atoms with Gasteiger partial charge in [-0.05, 0) is 36.0 Å². The van der Waals surface area contributed by atoms with Crippen molar-refractivity contribution in [3.05, 3.63) is 23.8 Å². The first-order chi connectivity index (χ1) is 9.17. The highest BCUT2D eigenvalue weighted by atomic mass is 32.1. The minimum atomic E-state index is 0.0623. The maximum Gasteiger partial charge on any atom is 0.187 e. The van der Waals surface area contributed by atoms with E-state index < -0.39 is 0 Å². The SMILES string of the molecule is COCCNC(=S)N/N=C\c1ccc(OC)c(O)c1. The first-order valence-corrected chi connectivity index (χ1v) is 6.01. The van der Waals surface area contributed by atoms with Crippen LogP contribution in [-0.2, 0) is 4.74 Å². The van der Waals surface area contributed by atoms with E-state index in [9.17, 15) is 5.11 Å². The fraction of sp³-hybridized carbons (Fsp3) is 0.333. The zero-order valence-corrected chi connectivity index (χ0v) is 11.7. The molecule has 19 heavy (non-hydrogen) atoms. The third-order valence-corrected chi connectivity index (χ3v) is 2.41. The van der Waals surface area contributed by atoms with Crippen molar-refractivity contribution >= 4 is 23.5 Å². The molecule has 0 radical (unpaired) electrons. The summed E-state index contributed by atoms with van der Waals surface area (Å²) in [7, 11) is 3.11. The number of aromatic hydroxyl groups is 1. The molecule has 0 aliphatic rings. The van der Waals surface area contributed by atoms with E-state index in [0.717, 1.165) is 5.56 Å². The molecule has 0 unspecified atom stereocenters. The predicted molar refractivity (Wildman–Crippen MR) is 77.9 cm³/mol. The van der Waals surface area contributed by atoms with Crippen LogP contribution in [-0.4, -0.2) is 43.8 Å². The number of benzene rings is 1. The summed E-state index contributed by atoms with van der Waals surface area (Å²) in [5.74, 6) is 0.481. The van der Waals surface area contributed by atoms with Gasteiger partial charge in [0.05, 0.1) is 19.9 Å². The highest BCUT2D eigenvalue weighted by Crippen LogP contribution is 2.25. The molecule has 0 aromatic heterocycles. The van der Waals surface area contributed by atoms with Crippen LogP contribution < -0.4 is 15.5 Å². The molecule has 6 nitrogen and oxygen atoms in total. The van der Waals surface area contributed by atoms with Crippen molar-refractivity contribution in [2.24, 2.45) is 5.10 Å². The third kappa shape index (κ3) is 5.54. The van der Waals surface area contributed by atoms with E-state index in [1.165, 1.54) is 7.11 Å². The van der Waals surface area contributed by atoms with Crippen molar-refractivity contribution in [3.8, 4) is 11.5 Å². The average molecular weight is 283 g/mol. The highest BCUT2D eigenvalue weighted by molar-refractivity contribution is 7.80. The molecule has 0 saturated carbocycles. The molecule has 0 fully saturated rings. The summed E-state index contributed by atoms with van der Waals surface area (Å²) < 4.78 is 9.82. The molecule has 0 heterocycles. The van der Waals surface area contributed by atoms with Crippen LogP contribution in [0.2, 0.25) is 0 Å². The van der Waals surface area contributed by atoms with Crippen LogP contribution in [0.3, 0.4) is 0 Å². The van der Waals surface area contributed by atoms with Gasteiger partial charge in [0.15, 0.2) is 16.6 Å². The van der Waals surface area contributed by atoms with E-state index in [4.69, 9.17) is 21.7 Å². The lowest BCUT2D eigenvalue weighted by Gasteiger charge is -2.06. The van der Waals surface area contributed by atoms with Crippen LogP contribution in [0.5, 0.6) is 11.5 Å². The van der Waals surface area contributed by atoms with Crippen LogP contribution in [0.1, 0.15) is 5.56 Å². The molecule has 1 aromatic rings. The van der Waals surface area contributed by atoms with Gasteiger partial charge in [-0.3, -0.25) is 5.43 Å². The Balaban J connectivity index is 2.44. The number of nitrogens with one attached hydrogen (secondary N) is 2.